The van der Waals surface area contributed by atoms with Crippen LogP contribution >= 0.6 is 0 Å². The maximum absolute atomic E-state index is 10.9. The van der Waals surface area contributed by atoms with Crippen LogP contribution in [0.1, 0.15) is 17.5 Å². The Hall–Kier alpha value is -1.43. The second-order valence-electron chi connectivity index (χ2n) is 1.87. The maximum Gasteiger partial charge on any atom is 0.302 e. The van der Waals surface area contributed by atoms with Crippen molar-refractivity contribution in [3.05, 3.63) is 12.2 Å². The van der Waals surface area contributed by atoms with Gasteiger partial charge < -0.3 is 0 Å². The monoisotopic (exact) mass is 155 g/mol. The number of carbonyl (C=O) groups excluding carboxylic acids is 1. The number of rotatable bonds is 2. The van der Waals surface area contributed by atoms with Crippen LogP contribution in [0, 0.1) is 0 Å². The van der Waals surface area contributed by atoms with E-state index in [1.54, 1.807) is 0 Å². The van der Waals surface area contributed by atoms with Crippen molar-refractivity contribution in [2.45, 2.75) is 13.5 Å². The van der Waals surface area contributed by atoms with Crippen LogP contribution in [0.15, 0.2) is 6.33 Å². The summed E-state index contributed by atoms with van der Waals surface area (Å²) in [6, 6.07) is 0. The number of carbonyl (C=O) groups is 1. The summed E-state index contributed by atoms with van der Waals surface area (Å²) in [5.74, 6) is 4.71. The van der Waals surface area contributed by atoms with Gasteiger partial charge >= 0.3 is 5.91 Å². The third-order valence-corrected chi connectivity index (χ3v) is 1.25. The minimum absolute atomic E-state index is 0.231. The van der Waals surface area contributed by atoms with Gasteiger partial charge in [0.15, 0.2) is 0 Å². The molecule has 1 amide bonds. The standard InChI is InChI=1S/C5H9N5O/c1-2-10-4(5(11)9-6)7-3-8-10/h3H,2,6H2,1H3,(H,9,11). The Morgan fingerprint density at radius 1 is 1.91 bits per heavy atom. The Kier molecular flexibility index (Phi) is 2.17. The van der Waals surface area contributed by atoms with E-state index in [0.29, 0.717) is 6.54 Å². The minimum atomic E-state index is -0.427. The Bertz CT molecular complexity index is 255. The van der Waals surface area contributed by atoms with Crippen LogP contribution < -0.4 is 11.3 Å². The van der Waals surface area contributed by atoms with Gasteiger partial charge in [0.1, 0.15) is 6.33 Å². The van der Waals surface area contributed by atoms with Crippen LogP contribution in [0.2, 0.25) is 0 Å². The molecule has 0 saturated heterocycles. The summed E-state index contributed by atoms with van der Waals surface area (Å²) in [5.41, 5.74) is 1.98. The third kappa shape index (κ3) is 1.35. The lowest BCUT2D eigenvalue weighted by Crippen LogP contribution is -2.32. The highest BCUT2D eigenvalue weighted by Gasteiger charge is 2.09. The normalized spacial score (nSPS) is 9.64. The zero-order valence-corrected chi connectivity index (χ0v) is 6.11. The number of nitrogens with two attached hydrogens (primary N) is 1. The first-order chi connectivity index (χ1) is 5.29. The van der Waals surface area contributed by atoms with E-state index >= 15 is 0 Å². The Morgan fingerprint density at radius 2 is 2.64 bits per heavy atom. The van der Waals surface area contributed by atoms with Crippen molar-refractivity contribution in [2.75, 3.05) is 0 Å². The van der Waals surface area contributed by atoms with E-state index in [1.807, 2.05) is 12.3 Å². The molecule has 3 N–H and O–H groups in total. The highest BCUT2D eigenvalue weighted by Crippen LogP contribution is 1.91. The molecule has 6 heteroatoms. The number of nitrogens with zero attached hydrogens (tertiary/aromatic N) is 3. The molecule has 0 bridgehead atoms. The summed E-state index contributed by atoms with van der Waals surface area (Å²) in [5, 5.41) is 3.79. The van der Waals surface area contributed by atoms with Gasteiger partial charge in [0, 0.05) is 6.54 Å². The molecule has 0 aromatic carbocycles. The Morgan fingerprint density at radius 3 is 3.18 bits per heavy atom. The molecule has 0 saturated carbocycles. The molecule has 0 atom stereocenters. The molecule has 0 radical (unpaired) electrons. The topological polar surface area (TPSA) is 85.8 Å². The quantitative estimate of drug-likeness (QED) is 0.322. The molecule has 0 aliphatic heterocycles. The SMILES string of the molecule is CCn1ncnc1C(=O)NN. The number of hydrazine groups is 1. The van der Waals surface area contributed by atoms with Gasteiger partial charge in [-0.25, -0.2) is 15.5 Å². The fourth-order valence-electron chi connectivity index (χ4n) is 0.736. The minimum Gasteiger partial charge on any atom is -0.287 e. The predicted molar refractivity (Wildman–Crippen MR) is 37.3 cm³/mol. The average molecular weight is 155 g/mol. The fraction of sp³-hybridized carbons (Fsp3) is 0.400. The second kappa shape index (κ2) is 3.11. The second-order valence-corrected chi connectivity index (χ2v) is 1.87. The molecule has 11 heavy (non-hydrogen) atoms. The zero-order valence-electron chi connectivity index (χ0n) is 6.11. The van der Waals surface area contributed by atoms with Crippen molar-refractivity contribution in [3.63, 3.8) is 0 Å². The van der Waals surface area contributed by atoms with E-state index < -0.39 is 5.91 Å². The maximum atomic E-state index is 10.9. The molecule has 60 valence electrons. The van der Waals surface area contributed by atoms with Crippen molar-refractivity contribution in [2.24, 2.45) is 5.84 Å². The molecular formula is C5H9N5O. The molecule has 0 fully saturated rings. The summed E-state index contributed by atoms with van der Waals surface area (Å²) < 4.78 is 1.46. The number of aromatic nitrogens is 3. The number of hydrogen-bond acceptors (Lipinski definition) is 4. The van der Waals surface area contributed by atoms with Crippen LogP contribution in [0.25, 0.3) is 0 Å². The van der Waals surface area contributed by atoms with Crippen LogP contribution in [0.4, 0.5) is 0 Å². The Balaban J connectivity index is 2.92. The van der Waals surface area contributed by atoms with Crippen LogP contribution in [0.3, 0.4) is 0 Å². The van der Waals surface area contributed by atoms with Crippen molar-refractivity contribution in [1.82, 2.24) is 20.2 Å². The number of nitrogens with one attached hydrogen (secondary N) is 1. The van der Waals surface area contributed by atoms with Gasteiger partial charge in [-0.3, -0.25) is 10.2 Å². The summed E-state index contributed by atoms with van der Waals surface area (Å²) >= 11 is 0. The van der Waals surface area contributed by atoms with Gasteiger partial charge in [0.2, 0.25) is 5.82 Å². The molecule has 0 spiro atoms. The van der Waals surface area contributed by atoms with Gasteiger partial charge in [-0.1, -0.05) is 0 Å². The predicted octanol–water partition coefficient (Wildman–Crippen LogP) is -1.10. The van der Waals surface area contributed by atoms with Crippen molar-refractivity contribution < 1.29 is 4.79 Å². The van der Waals surface area contributed by atoms with Crippen molar-refractivity contribution in [1.29, 1.82) is 0 Å². The highest BCUT2D eigenvalue weighted by atomic mass is 16.2. The van der Waals surface area contributed by atoms with E-state index in [2.05, 4.69) is 10.1 Å². The van der Waals surface area contributed by atoms with E-state index in [9.17, 15) is 4.79 Å². The first-order valence-electron chi connectivity index (χ1n) is 3.18. The molecule has 1 aromatic heterocycles. The average Bonchev–Trinajstić information content (AvgIpc) is 2.50. The van der Waals surface area contributed by atoms with E-state index in [4.69, 9.17) is 5.84 Å². The zero-order chi connectivity index (χ0) is 8.27. The lowest BCUT2D eigenvalue weighted by atomic mass is 10.5. The van der Waals surface area contributed by atoms with E-state index in [1.165, 1.54) is 11.0 Å². The number of hydrogen-bond donors (Lipinski definition) is 2. The van der Waals surface area contributed by atoms with E-state index in [-0.39, 0.29) is 5.82 Å². The molecule has 6 nitrogen and oxygen atoms in total. The lowest BCUT2D eigenvalue weighted by molar-refractivity contribution is 0.0937. The number of aryl methyl sites for hydroxylation is 1. The van der Waals surface area contributed by atoms with Gasteiger partial charge in [-0.15, -0.1) is 0 Å². The molecule has 0 unspecified atom stereocenters. The smallest absolute Gasteiger partial charge is 0.287 e. The van der Waals surface area contributed by atoms with Gasteiger partial charge in [-0.05, 0) is 6.92 Å². The van der Waals surface area contributed by atoms with Crippen LogP contribution in [-0.4, -0.2) is 20.7 Å². The van der Waals surface area contributed by atoms with Crippen LogP contribution in [0.5, 0.6) is 0 Å². The summed E-state index contributed by atoms with van der Waals surface area (Å²) in [6.45, 7) is 2.46. The highest BCUT2D eigenvalue weighted by molar-refractivity contribution is 5.89. The summed E-state index contributed by atoms with van der Waals surface area (Å²) in [6.07, 6.45) is 1.31. The molecular weight excluding hydrogens is 146 g/mol. The third-order valence-electron chi connectivity index (χ3n) is 1.25. The molecule has 0 aliphatic rings. The van der Waals surface area contributed by atoms with Gasteiger partial charge in [0.05, 0.1) is 0 Å². The summed E-state index contributed by atoms with van der Waals surface area (Å²) in [4.78, 5) is 14.6. The first-order valence-corrected chi connectivity index (χ1v) is 3.18. The summed E-state index contributed by atoms with van der Waals surface area (Å²) in [7, 11) is 0. The molecule has 1 heterocycles. The van der Waals surface area contributed by atoms with Crippen molar-refractivity contribution >= 4 is 5.91 Å². The van der Waals surface area contributed by atoms with Crippen molar-refractivity contribution in [3.8, 4) is 0 Å². The lowest BCUT2D eigenvalue weighted by Gasteiger charge is -1.99. The van der Waals surface area contributed by atoms with Crippen LogP contribution in [-0.2, 0) is 6.54 Å². The fourth-order valence-corrected chi connectivity index (χ4v) is 0.736. The molecule has 1 rings (SSSR count). The molecule has 0 aliphatic carbocycles. The first kappa shape index (κ1) is 7.67. The number of amides is 1. The number of nitrogen functional groups attached to an aromatic ring is 1. The van der Waals surface area contributed by atoms with Gasteiger partial charge in [-0.2, -0.15) is 5.10 Å². The van der Waals surface area contributed by atoms with E-state index in [0.717, 1.165) is 0 Å². The Labute approximate surface area is 63.4 Å². The van der Waals surface area contributed by atoms with Gasteiger partial charge in [0.25, 0.3) is 0 Å². The molecule has 1 aromatic rings. The largest absolute Gasteiger partial charge is 0.302 e.